The highest BCUT2D eigenvalue weighted by Crippen LogP contribution is 2.28. The van der Waals surface area contributed by atoms with Crippen molar-refractivity contribution in [1.29, 1.82) is 0 Å². The first-order valence-electron chi connectivity index (χ1n) is 7.89. The summed E-state index contributed by atoms with van der Waals surface area (Å²) in [6.07, 6.45) is 7.81. The average molecular weight is 301 g/mol. The van der Waals surface area contributed by atoms with Gasteiger partial charge in [-0.1, -0.05) is 60.9 Å². The molecule has 1 aliphatic rings. The molecule has 0 amide bonds. The van der Waals surface area contributed by atoms with Crippen molar-refractivity contribution in [3.8, 4) is 0 Å². The quantitative estimate of drug-likeness (QED) is 0.833. The van der Waals surface area contributed by atoms with Crippen LogP contribution in [0.2, 0.25) is 0 Å². The molecule has 0 radical (unpaired) electrons. The largest absolute Gasteiger partial charge is 0.254 e. The first kappa shape index (κ1) is 14.6. The molecular formula is C17H23N3S. The Labute approximate surface area is 131 Å². The van der Waals surface area contributed by atoms with Gasteiger partial charge in [-0.2, -0.15) is 5.10 Å². The summed E-state index contributed by atoms with van der Waals surface area (Å²) in [4.78, 5) is 4.62. The van der Waals surface area contributed by atoms with Crippen LogP contribution in [0.25, 0.3) is 0 Å². The van der Waals surface area contributed by atoms with Gasteiger partial charge in [-0.25, -0.2) is 4.98 Å². The van der Waals surface area contributed by atoms with Crippen LogP contribution in [0.3, 0.4) is 0 Å². The number of nitrogens with one attached hydrogen (secondary N) is 1. The Morgan fingerprint density at radius 1 is 1.24 bits per heavy atom. The van der Waals surface area contributed by atoms with E-state index < -0.39 is 0 Å². The molecule has 1 saturated carbocycles. The molecule has 1 aromatic heterocycles. The molecule has 1 fully saturated rings. The molecule has 1 N–H and O–H groups in total. The van der Waals surface area contributed by atoms with Crippen molar-refractivity contribution in [3.05, 3.63) is 41.2 Å². The molecule has 0 aliphatic heterocycles. The van der Waals surface area contributed by atoms with Gasteiger partial charge in [-0.15, -0.1) is 0 Å². The SMILES string of the molecule is Cc1cccc(Cc2n[nH]c(SCC3CCCCC3)n2)c1. The predicted octanol–water partition coefficient (Wildman–Crippen LogP) is 4.38. The second-order valence-electron chi connectivity index (χ2n) is 6.04. The average Bonchev–Trinajstić information content (AvgIpc) is 2.94. The van der Waals surface area contributed by atoms with Crippen molar-refractivity contribution >= 4 is 11.8 Å². The highest BCUT2D eigenvalue weighted by atomic mass is 32.2. The third-order valence-corrected chi connectivity index (χ3v) is 5.23. The molecule has 1 aromatic carbocycles. The fraction of sp³-hybridized carbons (Fsp3) is 0.529. The van der Waals surface area contributed by atoms with Crippen LogP contribution in [0.5, 0.6) is 0 Å². The van der Waals surface area contributed by atoms with Gasteiger partial charge in [-0.05, 0) is 31.2 Å². The summed E-state index contributed by atoms with van der Waals surface area (Å²) in [5, 5.41) is 8.41. The van der Waals surface area contributed by atoms with Crippen LogP contribution in [-0.4, -0.2) is 20.9 Å². The molecule has 0 spiro atoms. The van der Waals surface area contributed by atoms with E-state index in [1.165, 1.54) is 49.0 Å². The number of hydrogen-bond acceptors (Lipinski definition) is 3. The maximum absolute atomic E-state index is 4.62. The van der Waals surface area contributed by atoms with Crippen molar-refractivity contribution in [3.63, 3.8) is 0 Å². The van der Waals surface area contributed by atoms with E-state index in [0.29, 0.717) is 0 Å². The van der Waals surface area contributed by atoms with Gasteiger partial charge < -0.3 is 0 Å². The lowest BCUT2D eigenvalue weighted by atomic mass is 9.91. The van der Waals surface area contributed by atoms with Crippen LogP contribution in [-0.2, 0) is 6.42 Å². The number of hydrogen-bond donors (Lipinski definition) is 1. The molecule has 0 unspecified atom stereocenters. The summed E-state index contributed by atoms with van der Waals surface area (Å²) in [7, 11) is 0. The number of aromatic nitrogens is 3. The van der Waals surface area contributed by atoms with E-state index in [9.17, 15) is 0 Å². The van der Waals surface area contributed by atoms with Gasteiger partial charge in [0.05, 0.1) is 0 Å². The van der Waals surface area contributed by atoms with Crippen LogP contribution in [0, 0.1) is 12.8 Å². The predicted molar refractivity (Wildman–Crippen MR) is 87.7 cm³/mol. The number of H-pyrrole nitrogens is 1. The Bertz CT molecular complexity index is 573. The number of nitrogens with zero attached hydrogens (tertiary/aromatic N) is 2. The van der Waals surface area contributed by atoms with Crippen molar-refractivity contribution < 1.29 is 0 Å². The third-order valence-electron chi connectivity index (χ3n) is 4.14. The van der Waals surface area contributed by atoms with E-state index in [1.54, 1.807) is 0 Å². The molecule has 0 atom stereocenters. The Balaban J connectivity index is 1.53. The number of thioether (sulfide) groups is 1. The van der Waals surface area contributed by atoms with Crippen molar-refractivity contribution in [2.45, 2.75) is 50.6 Å². The second-order valence-corrected chi connectivity index (χ2v) is 7.05. The van der Waals surface area contributed by atoms with Gasteiger partial charge >= 0.3 is 0 Å². The molecule has 1 heterocycles. The smallest absolute Gasteiger partial charge is 0.183 e. The van der Waals surface area contributed by atoms with Crippen LogP contribution < -0.4 is 0 Å². The lowest BCUT2D eigenvalue weighted by molar-refractivity contribution is 0.391. The topological polar surface area (TPSA) is 41.6 Å². The zero-order chi connectivity index (χ0) is 14.5. The molecule has 0 saturated heterocycles. The second kappa shape index (κ2) is 7.12. The fourth-order valence-electron chi connectivity index (χ4n) is 2.98. The number of benzene rings is 1. The van der Waals surface area contributed by atoms with Crippen molar-refractivity contribution in [1.82, 2.24) is 15.2 Å². The summed E-state index contributed by atoms with van der Waals surface area (Å²) in [6, 6.07) is 8.55. The minimum atomic E-state index is 0.808. The molecule has 2 aromatic rings. The van der Waals surface area contributed by atoms with Gasteiger partial charge in [0.25, 0.3) is 0 Å². The normalized spacial score (nSPS) is 16.2. The zero-order valence-electron chi connectivity index (χ0n) is 12.6. The Kier molecular flexibility index (Phi) is 4.96. The molecule has 0 bridgehead atoms. The summed E-state index contributed by atoms with van der Waals surface area (Å²) in [5.74, 6) is 2.94. The van der Waals surface area contributed by atoms with Crippen LogP contribution in [0.1, 0.15) is 49.1 Å². The monoisotopic (exact) mass is 301 g/mol. The number of aryl methyl sites for hydroxylation is 1. The summed E-state index contributed by atoms with van der Waals surface area (Å²) < 4.78 is 0. The lowest BCUT2D eigenvalue weighted by Crippen LogP contribution is -2.08. The van der Waals surface area contributed by atoms with E-state index in [-0.39, 0.29) is 0 Å². The van der Waals surface area contributed by atoms with E-state index in [1.807, 2.05) is 11.8 Å². The number of aromatic amines is 1. The van der Waals surface area contributed by atoms with Gasteiger partial charge in [0.15, 0.2) is 11.0 Å². The van der Waals surface area contributed by atoms with E-state index >= 15 is 0 Å². The molecule has 3 rings (SSSR count). The minimum Gasteiger partial charge on any atom is -0.254 e. The maximum Gasteiger partial charge on any atom is 0.183 e. The molecule has 21 heavy (non-hydrogen) atoms. The van der Waals surface area contributed by atoms with Crippen molar-refractivity contribution in [2.75, 3.05) is 5.75 Å². The van der Waals surface area contributed by atoms with Gasteiger partial charge in [0, 0.05) is 12.2 Å². The maximum atomic E-state index is 4.62. The highest BCUT2D eigenvalue weighted by molar-refractivity contribution is 7.99. The molecular weight excluding hydrogens is 278 g/mol. The van der Waals surface area contributed by atoms with Gasteiger partial charge in [0.2, 0.25) is 0 Å². The first-order chi connectivity index (χ1) is 10.3. The number of rotatable bonds is 5. The van der Waals surface area contributed by atoms with E-state index in [2.05, 4.69) is 46.4 Å². The van der Waals surface area contributed by atoms with Crippen molar-refractivity contribution in [2.24, 2.45) is 5.92 Å². The van der Waals surface area contributed by atoms with Gasteiger partial charge in [0.1, 0.15) is 0 Å². The summed E-state index contributed by atoms with van der Waals surface area (Å²) >= 11 is 1.83. The molecule has 3 nitrogen and oxygen atoms in total. The zero-order valence-corrected chi connectivity index (χ0v) is 13.5. The Hall–Kier alpha value is -1.29. The standard InChI is InChI=1S/C17H23N3S/c1-13-6-5-9-15(10-13)11-16-18-17(20-19-16)21-12-14-7-3-2-4-8-14/h5-6,9-10,14H,2-4,7-8,11-12H2,1H3,(H,18,19,20). The van der Waals surface area contributed by atoms with Crippen LogP contribution in [0.15, 0.2) is 29.4 Å². The van der Waals surface area contributed by atoms with Crippen LogP contribution >= 0.6 is 11.8 Å². The fourth-order valence-corrected chi connectivity index (χ4v) is 3.99. The van der Waals surface area contributed by atoms with E-state index in [0.717, 1.165) is 23.3 Å². The highest BCUT2D eigenvalue weighted by Gasteiger charge is 2.14. The molecule has 112 valence electrons. The molecule has 1 aliphatic carbocycles. The van der Waals surface area contributed by atoms with Gasteiger partial charge in [-0.3, -0.25) is 5.10 Å². The Morgan fingerprint density at radius 2 is 2.10 bits per heavy atom. The molecule has 4 heteroatoms. The summed E-state index contributed by atoms with van der Waals surface area (Å²) in [6.45, 7) is 2.12. The minimum absolute atomic E-state index is 0.808. The van der Waals surface area contributed by atoms with Crippen LogP contribution in [0.4, 0.5) is 0 Å². The van der Waals surface area contributed by atoms with E-state index in [4.69, 9.17) is 0 Å². The Morgan fingerprint density at radius 3 is 2.90 bits per heavy atom. The first-order valence-corrected chi connectivity index (χ1v) is 8.88. The summed E-state index contributed by atoms with van der Waals surface area (Å²) in [5.41, 5.74) is 2.56. The third kappa shape index (κ3) is 4.34. The lowest BCUT2D eigenvalue weighted by Gasteiger charge is -2.20.